The zero-order valence-electron chi connectivity index (χ0n) is 13.3. The molecule has 8 nitrogen and oxygen atoms in total. The second-order valence-corrected chi connectivity index (χ2v) is 6.12. The molecular formula is C17H9BrFN5O3. The van der Waals surface area contributed by atoms with E-state index in [1.807, 2.05) is 6.07 Å². The first kappa shape index (κ1) is 18.2. The first-order valence-electron chi connectivity index (χ1n) is 7.35. The third-order valence-electron chi connectivity index (χ3n) is 3.51. The number of nitriles is 1. The van der Waals surface area contributed by atoms with E-state index in [9.17, 15) is 14.0 Å². The highest BCUT2D eigenvalue weighted by Crippen LogP contribution is 2.25. The number of carbonyl (C=O) groups is 2. The first-order chi connectivity index (χ1) is 12.9. The van der Waals surface area contributed by atoms with Gasteiger partial charge in [-0.3, -0.25) is 4.79 Å². The van der Waals surface area contributed by atoms with E-state index in [4.69, 9.17) is 10.4 Å². The molecule has 0 aliphatic carbocycles. The lowest BCUT2D eigenvalue weighted by Gasteiger charge is -2.09. The van der Waals surface area contributed by atoms with E-state index in [0.29, 0.717) is 11.4 Å². The van der Waals surface area contributed by atoms with Crippen LogP contribution in [0.15, 0.2) is 47.2 Å². The Balaban J connectivity index is 1.84. The van der Waals surface area contributed by atoms with E-state index >= 15 is 0 Å². The molecular weight excluding hydrogens is 421 g/mol. The number of carbonyl (C=O) groups excluding carboxylic acids is 1. The van der Waals surface area contributed by atoms with Crippen molar-refractivity contribution in [3.63, 3.8) is 0 Å². The number of nitrogens with zero attached hydrogens (tertiary/aromatic N) is 4. The highest BCUT2D eigenvalue weighted by atomic mass is 79.9. The fourth-order valence-corrected chi connectivity index (χ4v) is 2.55. The van der Waals surface area contributed by atoms with Crippen molar-refractivity contribution in [2.24, 2.45) is 0 Å². The Bertz CT molecular complexity index is 1090. The van der Waals surface area contributed by atoms with Gasteiger partial charge in [-0.25, -0.2) is 9.18 Å². The van der Waals surface area contributed by atoms with Crippen molar-refractivity contribution >= 4 is 33.5 Å². The van der Waals surface area contributed by atoms with Crippen molar-refractivity contribution in [1.29, 1.82) is 5.26 Å². The SMILES string of the molecule is N#Cc1ccn(-c2ccc(C(=O)Nc3cc(Br)c(F)cc3C(=O)O)nn2)c1. The van der Waals surface area contributed by atoms with Crippen LogP contribution in [0.2, 0.25) is 0 Å². The molecule has 2 aromatic heterocycles. The number of amides is 1. The van der Waals surface area contributed by atoms with Gasteiger partial charge in [0.1, 0.15) is 11.9 Å². The standard InChI is InChI=1S/C17H9BrFN5O3/c18-11-6-14(10(17(26)27)5-12(11)19)21-16(25)13-1-2-15(23-22-13)24-4-3-9(7-20)8-24/h1-6,8H,(H,21,25)(H,26,27). The average molecular weight is 430 g/mol. The summed E-state index contributed by atoms with van der Waals surface area (Å²) in [6.07, 6.45) is 3.18. The number of hydrogen-bond acceptors (Lipinski definition) is 5. The number of halogens is 2. The first-order valence-corrected chi connectivity index (χ1v) is 8.14. The number of aromatic carboxylic acids is 1. The van der Waals surface area contributed by atoms with Gasteiger partial charge in [0.05, 0.1) is 21.3 Å². The zero-order valence-corrected chi connectivity index (χ0v) is 14.9. The molecule has 0 aliphatic rings. The van der Waals surface area contributed by atoms with Crippen molar-refractivity contribution in [3.8, 4) is 11.9 Å². The van der Waals surface area contributed by atoms with Crippen LogP contribution in [0.4, 0.5) is 10.1 Å². The number of nitrogens with one attached hydrogen (secondary N) is 1. The monoisotopic (exact) mass is 429 g/mol. The lowest BCUT2D eigenvalue weighted by Crippen LogP contribution is -2.17. The Kier molecular flexibility index (Phi) is 4.96. The molecule has 134 valence electrons. The predicted octanol–water partition coefficient (Wildman–Crippen LogP) is 2.99. The van der Waals surface area contributed by atoms with E-state index in [1.54, 1.807) is 23.0 Å². The molecule has 0 atom stereocenters. The molecule has 0 spiro atoms. The summed E-state index contributed by atoms with van der Waals surface area (Å²) in [6, 6.07) is 8.45. The maximum absolute atomic E-state index is 13.5. The summed E-state index contributed by atoms with van der Waals surface area (Å²) in [4.78, 5) is 23.6. The van der Waals surface area contributed by atoms with Crippen LogP contribution in [-0.2, 0) is 0 Å². The van der Waals surface area contributed by atoms with E-state index in [-0.39, 0.29) is 15.9 Å². The van der Waals surface area contributed by atoms with E-state index < -0.39 is 23.3 Å². The van der Waals surface area contributed by atoms with Crippen LogP contribution < -0.4 is 5.32 Å². The highest BCUT2D eigenvalue weighted by Gasteiger charge is 2.18. The van der Waals surface area contributed by atoms with Crippen molar-refractivity contribution < 1.29 is 19.1 Å². The van der Waals surface area contributed by atoms with Crippen molar-refractivity contribution in [2.75, 3.05) is 5.32 Å². The number of aromatic nitrogens is 3. The molecule has 0 saturated carbocycles. The summed E-state index contributed by atoms with van der Waals surface area (Å²) in [5, 5.41) is 28.1. The molecule has 27 heavy (non-hydrogen) atoms. The molecule has 0 radical (unpaired) electrons. The summed E-state index contributed by atoms with van der Waals surface area (Å²) in [6.45, 7) is 0. The predicted molar refractivity (Wildman–Crippen MR) is 95.1 cm³/mol. The molecule has 10 heteroatoms. The molecule has 1 amide bonds. The third kappa shape index (κ3) is 3.83. The summed E-state index contributed by atoms with van der Waals surface area (Å²) >= 11 is 2.95. The lowest BCUT2D eigenvalue weighted by atomic mass is 10.1. The van der Waals surface area contributed by atoms with Crippen LogP contribution in [0.25, 0.3) is 5.82 Å². The summed E-state index contributed by atoms with van der Waals surface area (Å²) < 4.78 is 15.1. The lowest BCUT2D eigenvalue weighted by molar-refractivity contribution is 0.0697. The van der Waals surface area contributed by atoms with Gasteiger partial charge in [0, 0.05) is 12.4 Å². The van der Waals surface area contributed by atoms with Gasteiger partial charge in [0.15, 0.2) is 11.5 Å². The van der Waals surface area contributed by atoms with Gasteiger partial charge in [-0.2, -0.15) is 5.26 Å². The normalized spacial score (nSPS) is 10.3. The Morgan fingerprint density at radius 3 is 2.63 bits per heavy atom. The Labute approximate surface area is 160 Å². The quantitative estimate of drug-likeness (QED) is 0.657. The van der Waals surface area contributed by atoms with Crippen molar-refractivity contribution in [3.05, 3.63) is 69.8 Å². The number of carboxylic acid groups (broad SMARTS) is 1. The number of anilines is 1. The fraction of sp³-hybridized carbons (Fsp3) is 0. The highest BCUT2D eigenvalue weighted by molar-refractivity contribution is 9.10. The largest absolute Gasteiger partial charge is 0.478 e. The molecule has 0 fully saturated rings. The minimum absolute atomic E-state index is 0.00476. The number of hydrogen-bond donors (Lipinski definition) is 2. The molecule has 1 aromatic carbocycles. The smallest absolute Gasteiger partial charge is 0.337 e. The van der Waals surface area contributed by atoms with E-state index in [0.717, 1.165) is 12.1 Å². The van der Waals surface area contributed by atoms with Crippen LogP contribution in [0, 0.1) is 17.1 Å². The van der Waals surface area contributed by atoms with E-state index in [2.05, 4.69) is 31.4 Å². The van der Waals surface area contributed by atoms with E-state index in [1.165, 1.54) is 12.1 Å². The van der Waals surface area contributed by atoms with Gasteiger partial charge >= 0.3 is 5.97 Å². The molecule has 3 aromatic rings. The molecule has 3 rings (SSSR count). The molecule has 0 saturated heterocycles. The number of rotatable bonds is 4. The van der Waals surface area contributed by atoms with Gasteiger partial charge in [-0.05, 0) is 46.3 Å². The molecule has 2 heterocycles. The zero-order chi connectivity index (χ0) is 19.6. The molecule has 0 unspecified atom stereocenters. The Hall–Kier alpha value is -3.58. The van der Waals surface area contributed by atoms with Crippen molar-refractivity contribution in [2.45, 2.75) is 0 Å². The van der Waals surface area contributed by atoms with Gasteiger partial charge in [-0.1, -0.05) is 0 Å². The summed E-state index contributed by atoms with van der Waals surface area (Å²) in [7, 11) is 0. The van der Waals surface area contributed by atoms with Crippen LogP contribution in [-0.4, -0.2) is 31.7 Å². The third-order valence-corrected chi connectivity index (χ3v) is 4.12. The minimum Gasteiger partial charge on any atom is -0.478 e. The number of benzene rings is 1. The van der Waals surface area contributed by atoms with Gasteiger partial charge in [0.2, 0.25) is 0 Å². The summed E-state index contributed by atoms with van der Waals surface area (Å²) in [5.74, 6) is -2.47. The molecule has 0 aliphatic heterocycles. The van der Waals surface area contributed by atoms with Gasteiger partial charge in [0.25, 0.3) is 5.91 Å². The van der Waals surface area contributed by atoms with Crippen LogP contribution in [0.1, 0.15) is 26.4 Å². The maximum atomic E-state index is 13.5. The van der Waals surface area contributed by atoms with Crippen LogP contribution >= 0.6 is 15.9 Å². The fourth-order valence-electron chi connectivity index (χ4n) is 2.20. The second kappa shape index (κ2) is 7.35. The molecule has 0 bridgehead atoms. The molecule has 2 N–H and O–H groups in total. The van der Waals surface area contributed by atoms with Crippen LogP contribution in [0.3, 0.4) is 0 Å². The summed E-state index contributed by atoms with van der Waals surface area (Å²) in [5.41, 5.74) is -0.106. The Morgan fingerprint density at radius 1 is 1.26 bits per heavy atom. The van der Waals surface area contributed by atoms with Crippen LogP contribution in [0.5, 0.6) is 0 Å². The van der Waals surface area contributed by atoms with Gasteiger partial charge in [-0.15, -0.1) is 10.2 Å². The number of carboxylic acids is 1. The van der Waals surface area contributed by atoms with Gasteiger partial charge < -0.3 is 15.0 Å². The average Bonchev–Trinajstić information content (AvgIpc) is 3.13. The topological polar surface area (TPSA) is 121 Å². The minimum atomic E-state index is -1.39. The maximum Gasteiger partial charge on any atom is 0.337 e. The Morgan fingerprint density at radius 2 is 2.04 bits per heavy atom. The second-order valence-electron chi connectivity index (χ2n) is 5.27. The van der Waals surface area contributed by atoms with Crippen molar-refractivity contribution in [1.82, 2.24) is 14.8 Å².